The Balaban J connectivity index is 2.03. The van der Waals surface area contributed by atoms with Gasteiger partial charge in [-0.2, -0.15) is 0 Å². The first kappa shape index (κ1) is 6.58. The van der Waals surface area contributed by atoms with Crippen LogP contribution >= 0.6 is 0 Å². The quantitative estimate of drug-likeness (QED) is 0.470. The molecule has 2 unspecified atom stereocenters. The van der Waals surface area contributed by atoms with E-state index in [1.54, 1.807) is 0 Å². The number of nitrogens with two attached hydrogens (primary N) is 1. The van der Waals surface area contributed by atoms with Gasteiger partial charge in [-0.25, -0.2) is 0 Å². The third kappa shape index (κ3) is 0.944. The molecule has 3 nitrogen and oxygen atoms in total. The predicted molar refractivity (Wildman–Crippen MR) is 40.6 cm³/mol. The Morgan fingerprint density at radius 1 is 1.40 bits per heavy atom. The smallest absolute Gasteiger partial charge is 0.0754 e. The Morgan fingerprint density at radius 3 is 3.10 bits per heavy atom. The second kappa shape index (κ2) is 2.49. The van der Waals surface area contributed by atoms with E-state index in [1.807, 2.05) is 0 Å². The molecule has 0 radical (unpaired) electrons. The zero-order valence-electron chi connectivity index (χ0n) is 6.21. The van der Waals surface area contributed by atoms with Crippen LogP contribution in [0.4, 0.5) is 0 Å². The summed E-state index contributed by atoms with van der Waals surface area (Å²) in [4.78, 5) is 2.45. The first-order valence-corrected chi connectivity index (χ1v) is 4.11. The van der Waals surface area contributed by atoms with Crippen LogP contribution < -0.4 is 11.1 Å². The minimum absolute atomic E-state index is 0.372. The lowest BCUT2D eigenvalue weighted by atomic mass is 10.0. The fourth-order valence-electron chi connectivity index (χ4n) is 1.99. The molecule has 2 fully saturated rings. The van der Waals surface area contributed by atoms with Crippen molar-refractivity contribution in [1.29, 1.82) is 0 Å². The molecule has 0 spiro atoms. The van der Waals surface area contributed by atoms with Crippen molar-refractivity contribution in [3.05, 3.63) is 0 Å². The van der Waals surface area contributed by atoms with Crippen molar-refractivity contribution in [1.82, 2.24) is 10.2 Å². The van der Waals surface area contributed by atoms with Gasteiger partial charge in [0.2, 0.25) is 0 Å². The van der Waals surface area contributed by atoms with Crippen LogP contribution in [0.2, 0.25) is 0 Å². The summed E-state index contributed by atoms with van der Waals surface area (Å²) in [6.07, 6.45) is 2.96. The molecule has 0 amide bonds. The molecular weight excluding hydrogens is 126 g/mol. The van der Waals surface area contributed by atoms with E-state index < -0.39 is 0 Å². The molecule has 3 N–H and O–H groups in total. The molecule has 2 atom stereocenters. The monoisotopic (exact) mass is 141 g/mol. The van der Waals surface area contributed by atoms with Gasteiger partial charge in [0.15, 0.2) is 0 Å². The summed E-state index contributed by atoms with van der Waals surface area (Å²) in [5.74, 6) is 0. The molecule has 0 aromatic heterocycles. The topological polar surface area (TPSA) is 41.3 Å². The molecule has 3 heteroatoms. The highest BCUT2D eigenvalue weighted by molar-refractivity contribution is 4.89. The molecule has 2 aliphatic rings. The van der Waals surface area contributed by atoms with Crippen molar-refractivity contribution in [3.63, 3.8) is 0 Å². The maximum Gasteiger partial charge on any atom is 0.0754 e. The van der Waals surface area contributed by atoms with Crippen molar-refractivity contribution < 1.29 is 0 Å². The van der Waals surface area contributed by atoms with Gasteiger partial charge in [-0.3, -0.25) is 10.2 Å². The Hall–Kier alpha value is -0.120. The number of hydrogen-bond donors (Lipinski definition) is 2. The summed E-state index contributed by atoms with van der Waals surface area (Å²) < 4.78 is 0. The standard InChI is InChI=1S/C7H15N3/c8-6-2-1-4-10-5-3-9-7(6)10/h6-7,9H,1-5,8H2. The van der Waals surface area contributed by atoms with Crippen molar-refractivity contribution in [3.8, 4) is 0 Å². The highest BCUT2D eigenvalue weighted by Crippen LogP contribution is 2.16. The Morgan fingerprint density at radius 2 is 2.30 bits per heavy atom. The molecular formula is C7H15N3. The summed E-state index contributed by atoms with van der Waals surface area (Å²) in [7, 11) is 0. The Kier molecular flexibility index (Phi) is 1.64. The van der Waals surface area contributed by atoms with Gasteiger partial charge in [0.1, 0.15) is 0 Å². The normalized spacial score (nSPS) is 41.7. The van der Waals surface area contributed by atoms with Crippen LogP contribution in [0.3, 0.4) is 0 Å². The van der Waals surface area contributed by atoms with Crippen molar-refractivity contribution in [2.45, 2.75) is 25.0 Å². The second-order valence-corrected chi connectivity index (χ2v) is 3.24. The van der Waals surface area contributed by atoms with Crippen LogP contribution in [0.15, 0.2) is 0 Å². The third-order valence-corrected chi connectivity index (χ3v) is 2.53. The van der Waals surface area contributed by atoms with E-state index >= 15 is 0 Å². The Bertz CT molecular complexity index is 126. The first-order chi connectivity index (χ1) is 4.88. The molecule has 0 bridgehead atoms. The molecule has 10 heavy (non-hydrogen) atoms. The van der Waals surface area contributed by atoms with Gasteiger partial charge in [-0.05, 0) is 19.4 Å². The summed E-state index contributed by atoms with van der Waals surface area (Å²) in [6, 6.07) is 0.372. The van der Waals surface area contributed by atoms with Crippen LogP contribution in [-0.4, -0.2) is 36.7 Å². The number of nitrogens with one attached hydrogen (secondary N) is 1. The number of nitrogens with zero attached hydrogens (tertiary/aromatic N) is 1. The van der Waals surface area contributed by atoms with E-state index in [2.05, 4.69) is 10.2 Å². The van der Waals surface area contributed by atoms with E-state index in [-0.39, 0.29) is 0 Å². The maximum absolute atomic E-state index is 5.92. The second-order valence-electron chi connectivity index (χ2n) is 3.24. The molecule has 0 aliphatic carbocycles. The van der Waals surface area contributed by atoms with Crippen LogP contribution in [-0.2, 0) is 0 Å². The molecule has 2 saturated heterocycles. The number of hydrogen-bond acceptors (Lipinski definition) is 3. The Labute approximate surface area is 61.6 Å². The lowest BCUT2D eigenvalue weighted by Gasteiger charge is -2.33. The highest BCUT2D eigenvalue weighted by Gasteiger charge is 2.31. The van der Waals surface area contributed by atoms with E-state index in [1.165, 1.54) is 25.9 Å². The minimum atomic E-state index is 0.372. The molecule has 58 valence electrons. The molecule has 0 saturated carbocycles. The van der Waals surface area contributed by atoms with Gasteiger partial charge in [-0.15, -0.1) is 0 Å². The molecule has 0 aromatic carbocycles. The van der Waals surface area contributed by atoms with Gasteiger partial charge in [0, 0.05) is 19.1 Å². The fourth-order valence-corrected chi connectivity index (χ4v) is 1.99. The van der Waals surface area contributed by atoms with Crippen molar-refractivity contribution >= 4 is 0 Å². The summed E-state index contributed by atoms with van der Waals surface area (Å²) >= 11 is 0. The molecule has 2 heterocycles. The summed E-state index contributed by atoms with van der Waals surface area (Å²) in [5, 5.41) is 3.41. The first-order valence-electron chi connectivity index (χ1n) is 4.11. The van der Waals surface area contributed by atoms with Gasteiger partial charge >= 0.3 is 0 Å². The fraction of sp³-hybridized carbons (Fsp3) is 1.00. The zero-order chi connectivity index (χ0) is 6.97. The average molecular weight is 141 g/mol. The highest BCUT2D eigenvalue weighted by atomic mass is 15.3. The predicted octanol–water partition coefficient (Wildman–Crippen LogP) is -0.661. The van der Waals surface area contributed by atoms with Crippen LogP contribution in [0.5, 0.6) is 0 Å². The summed E-state index contributed by atoms with van der Waals surface area (Å²) in [5.41, 5.74) is 5.92. The van der Waals surface area contributed by atoms with Crippen molar-refractivity contribution in [2.24, 2.45) is 5.73 Å². The molecule has 2 aliphatic heterocycles. The van der Waals surface area contributed by atoms with Gasteiger partial charge in [0.05, 0.1) is 6.17 Å². The maximum atomic E-state index is 5.92. The van der Waals surface area contributed by atoms with E-state index in [0.717, 1.165) is 6.54 Å². The van der Waals surface area contributed by atoms with E-state index in [4.69, 9.17) is 5.73 Å². The van der Waals surface area contributed by atoms with Crippen LogP contribution in [0, 0.1) is 0 Å². The zero-order valence-corrected chi connectivity index (χ0v) is 6.21. The summed E-state index contributed by atoms with van der Waals surface area (Å²) in [6.45, 7) is 3.56. The molecule has 2 rings (SSSR count). The third-order valence-electron chi connectivity index (χ3n) is 2.53. The average Bonchev–Trinajstić information content (AvgIpc) is 2.36. The van der Waals surface area contributed by atoms with E-state index in [9.17, 15) is 0 Å². The minimum Gasteiger partial charge on any atom is -0.325 e. The van der Waals surface area contributed by atoms with Gasteiger partial charge < -0.3 is 5.73 Å². The number of piperidine rings is 1. The lowest BCUT2D eigenvalue weighted by molar-refractivity contribution is 0.162. The van der Waals surface area contributed by atoms with Gasteiger partial charge in [-0.1, -0.05) is 0 Å². The lowest BCUT2D eigenvalue weighted by Crippen LogP contribution is -2.53. The SMILES string of the molecule is NC1CCCN2CCNC12. The largest absolute Gasteiger partial charge is 0.325 e. The number of fused-ring (bicyclic) bond motifs is 1. The van der Waals surface area contributed by atoms with E-state index in [0.29, 0.717) is 12.2 Å². The van der Waals surface area contributed by atoms with Gasteiger partial charge in [0.25, 0.3) is 0 Å². The van der Waals surface area contributed by atoms with Crippen molar-refractivity contribution in [2.75, 3.05) is 19.6 Å². The van der Waals surface area contributed by atoms with Crippen LogP contribution in [0.1, 0.15) is 12.8 Å². The number of rotatable bonds is 0. The van der Waals surface area contributed by atoms with Crippen LogP contribution in [0.25, 0.3) is 0 Å². The molecule has 0 aromatic rings.